The van der Waals surface area contributed by atoms with Crippen molar-refractivity contribution >= 4 is 143 Å². The number of benzene rings is 6. The van der Waals surface area contributed by atoms with Gasteiger partial charge in [-0.05, 0) is 206 Å². The largest absolute Gasteiger partial charge is 0.416 e. The average Bonchev–Trinajstić information content (AvgIpc) is 1.74. The lowest BCUT2D eigenvalue weighted by Gasteiger charge is -2.41. The molecule has 2 N–H and O–H groups in total. The van der Waals surface area contributed by atoms with Crippen LogP contribution in [-0.4, -0.2) is 185 Å². The summed E-state index contributed by atoms with van der Waals surface area (Å²) in [4.78, 5) is 63.2. The zero-order valence-electron chi connectivity index (χ0n) is 61.0. The number of halogens is 8. The number of carbonyl (C=O) groups is 3. The van der Waals surface area contributed by atoms with E-state index >= 15 is 0 Å². The van der Waals surface area contributed by atoms with Crippen LogP contribution in [0.1, 0.15) is 96.2 Å². The fourth-order valence-electron chi connectivity index (χ4n) is 14.5. The van der Waals surface area contributed by atoms with E-state index in [-0.39, 0.29) is 48.7 Å². The third-order valence-corrected chi connectivity index (χ3v) is 24.3. The first-order chi connectivity index (χ1) is 52.9. The Bertz CT molecular complexity index is 5380. The van der Waals surface area contributed by atoms with E-state index < -0.39 is 59.5 Å². The number of ether oxygens (including phenoxy) is 3. The Kier molecular flexibility index (Phi) is 21.9. The summed E-state index contributed by atoms with van der Waals surface area (Å²) in [6.45, 7) is 13.6. The zero-order chi connectivity index (χ0) is 78.0. The lowest BCUT2D eigenvalue weighted by atomic mass is 9.88. The SMILES string of the molecule is COCC1CN(C2=NC(=O)C(=Cc3ccc4c(cnn4Cc4ccc(C(F)(F)F)cc4C(F)(F)F)c3)S2)CC(OC(C)(C)c2ccc(Cn3ncc4cc(C=C5SC(N6CC(C)NC(CCC(C)(O)c7ccc(Cn8ncc9cc(C=C%10SC(N%11CCN(C)CC%11)=NC%10=O)ccc98)c(Cl)c7)C6)=NC5=O)ccc43)c(Cl)c2)O1. The Labute approximate surface area is 657 Å². The highest BCUT2D eigenvalue weighted by molar-refractivity contribution is 8.19. The number of nitrogens with zero attached hydrogens (tertiary/aromatic N) is 13. The van der Waals surface area contributed by atoms with Crippen LogP contribution in [0.15, 0.2) is 157 Å². The van der Waals surface area contributed by atoms with Gasteiger partial charge in [0.25, 0.3) is 17.7 Å². The van der Waals surface area contributed by atoms with Crippen molar-refractivity contribution in [3.05, 3.63) is 208 Å². The van der Waals surface area contributed by atoms with Crippen LogP contribution in [0.25, 0.3) is 50.9 Å². The maximum Gasteiger partial charge on any atom is 0.416 e. The highest BCUT2D eigenvalue weighted by Gasteiger charge is 2.41. The predicted octanol–water partition coefficient (Wildman–Crippen LogP) is 14.4. The number of methoxy groups -OCH3 is 1. The molecule has 32 heteroatoms. The molecule has 6 aliphatic rings. The van der Waals surface area contributed by atoms with Gasteiger partial charge < -0.3 is 44.2 Å². The third-order valence-electron chi connectivity index (χ3n) is 20.5. The first kappa shape index (κ1) is 77.7. The van der Waals surface area contributed by atoms with Gasteiger partial charge in [0.15, 0.2) is 21.8 Å². The van der Waals surface area contributed by atoms with Crippen LogP contribution in [0.4, 0.5) is 26.3 Å². The summed E-state index contributed by atoms with van der Waals surface area (Å²) in [5.74, 6) is -1.02. The van der Waals surface area contributed by atoms with E-state index in [1.165, 1.54) is 34.4 Å². The van der Waals surface area contributed by atoms with Crippen molar-refractivity contribution in [2.24, 2.45) is 15.0 Å². The minimum atomic E-state index is -5.04. The number of hydrogen-bond donors (Lipinski definition) is 2. The molecule has 0 radical (unpaired) electrons. The van der Waals surface area contributed by atoms with Gasteiger partial charge in [0.1, 0.15) is 6.10 Å². The van der Waals surface area contributed by atoms with Gasteiger partial charge in [-0.3, -0.25) is 28.4 Å². The Balaban J connectivity index is 0.531. The molecule has 15 rings (SSSR count). The Morgan fingerprint density at radius 1 is 0.568 bits per heavy atom. The number of rotatable bonds is 18. The van der Waals surface area contributed by atoms with Crippen molar-refractivity contribution in [3.8, 4) is 0 Å². The van der Waals surface area contributed by atoms with Gasteiger partial charge in [-0.25, -0.2) is 0 Å². The lowest BCUT2D eigenvalue weighted by Crippen LogP contribution is -2.56. The van der Waals surface area contributed by atoms with Crippen LogP contribution >= 0.6 is 58.5 Å². The normalized spacial score (nSPS) is 21.5. The van der Waals surface area contributed by atoms with Crippen LogP contribution in [0, 0.1) is 0 Å². The predicted molar refractivity (Wildman–Crippen MR) is 422 cm³/mol. The van der Waals surface area contributed by atoms with Crippen LogP contribution in [0.3, 0.4) is 0 Å². The van der Waals surface area contributed by atoms with E-state index in [4.69, 9.17) is 47.6 Å². The summed E-state index contributed by atoms with van der Waals surface area (Å²) < 4.78 is 106. The number of morpholine rings is 1. The molecule has 3 amide bonds. The van der Waals surface area contributed by atoms with Gasteiger partial charge in [-0.2, -0.15) is 56.6 Å². The number of likely N-dealkylation sites (N-methyl/N-ethyl adjacent to an activating group) is 1. The summed E-state index contributed by atoms with van der Waals surface area (Å²) >= 11 is 18.0. The number of amides is 3. The van der Waals surface area contributed by atoms with E-state index in [0.29, 0.717) is 109 Å². The quantitative estimate of drug-likeness (QED) is 0.0603. The number of thioether (sulfide) groups is 3. The fraction of sp³-hybridized carbons (Fsp3) is 0.354. The van der Waals surface area contributed by atoms with Crippen LogP contribution in [0.2, 0.25) is 10.0 Å². The van der Waals surface area contributed by atoms with Crippen LogP contribution in [-0.2, 0) is 71.8 Å². The molecular weight excluding hydrogens is 1540 g/mol. The molecule has 0 bridgehead atoms. The molecule has 3 saturated heterocycles. The van der Waals surface area contributed by atoms with Gasteiger partial charge in [0.2, 0.25) is 0 Å². The minimum absolute atomic E-state index is 0.00802. The molecule has 5 atom stereocenters. The molecule has 0 spiro atoms. The molecule has 5 unspecified atom stereocenters. The van der Waals surface area contributed by atoms with Crippen molar-refractivity contribution in [3.63, 3.8) is 0 Å². The second-order valence-electron chi connectivity index (χ2n) is 29.2. The number of aliphatic hydroxyl groups is 1. The highest BCUT2D eigenvalue weighted by atomic mass is 35.5. The Morgan fingerprint density at radius 3 is 1.51 bits per heavy atom. The molecule has 0 saturated carbocycles. The number of hydrogen-bond acceptors (Lipinski definition) is 18. The van der Waals surface area contributed by atoms with Gasteiger partial charge in [0, 0.05) is 91.2 Å². The second-order valence-corrected chi connectivity index (χ2v) is 33.1. The summed E-state index contributed by atoms with van der Waals surface area (Å²) in [6, 6.07) is 29.9. The molecule has 578 valence electrons. The maximum absolute atomic E-state index is 14.0. The fourth-order valence-corrected chi connectivity index (χ4v) is 17.8. The van der Waals surface area contributed by atoms with Crippen molar-refractivity contribution in [1.29, 1.82) is 0 Å². The minimum Gasteiger partial charge on any atom is -0.385 e. The Morgan fingerprint density at radius 2 is 1.03 bits per heavy atom. The van der Waals surface area contributed by atoms with E-state index in [1.54, 1.807) is 37.6 Å². The molecule has 0 aliphatic carbocycles. The monoisotopic (exact) mass is 1610 g/mol. The number of aromatic nitrogens is 6. The molecule has 6 aromatic carbocycles. The number of nitrogens with one attached hydrogen (secondary N) is 1. The molecule has 9 aromatic rings. The first-order valence-corrected chi connectivity index (χ1v) is 39.2. The number of aliphatic imine (C=N–C) groups is 3. The van der Waals surface area contributed by atoms with Crippen molar-refractivity contribution in [1.82, 2.24) is 54.3 Å². The molecule has 111 heavy (non-hydrogen) atoms. The number of fused-ring (bicyclic) bond motifs is 3. The summed E-state index contributed by atoms with van der Waals surface area (Å²) in [5, 5.41) is 34.5. The molecule has 3 fully saturated rings. The topological polar surface area (TPSA) is 215 Å². The molecular formula is C79H76Cl2F6N14O7S3. The van der Waals surface area contributed by atoms with Crippen molar-refractivity contribution in [2.75, 3.05) is 73.1 Å². The number of alkyl halides is 6. The molecule has 6 aliphatic heterocycles. The lowest BCUT2D eigenvalue weighted by molar-refractivity contribution is -0.251. The van der Waals surface area contributed by atoms with Crippen molar-refractivity contribution < 1.29 is 60.0 Å². The highest BCUT2D eigenvalue weighted by Crippen LogP contribution is 2.42. The van der Waals surface area contributed by atoms with E-state index in [9.17, 15) is 45.8 Å². The van der Waals surface area contributed by atoms with Crippen LogP contribution in [0.5, 0.6) is 0 Å². The molecule has 9 heterocycles. The molecule has 3 aromatic heterocycles. The summed E-state index contributed by atoms with van der Waals surface area (Å²) in [5.41, 5.74) is 2.28. The number of piperazine rings is 2. The van der Waals surface area contributed by atoms with Gasteiger partial charge in [0.05, 0.1) is 105 Å². The average molecular weight is 1610 g/mol. The number of amidine groups is 3. The zero-order valence-corrected chi connectivity index (χ0v) is 65.0. The smallest absolute Gasteiger partial charge is 0.385 e. The van der Waals surface area contributed by atoms with Crippen LogP contribution < -0.4 is 5.32 Å². The van der Waals surface area contributed by atoms with E-state index in [2.05, 4.69) is 54.1 Å². The number of carbonyl (C=O) groups excluding carboxylic acids is 3. The first-order valence-electron chi connectivity index (χ1n) is 36.0. The standard InChI is InChI=1S/C79H76Cl2F6N14O7S3/c1-45-37-97(41-58(91-45)19-20-77(4,105)56-14-12-51(62(81)33-56)40-101-65-17-8-46(26-53(65)36-90-101)28-66-70(102)92-73(109-66)96-23-21-95(5)22-24-96)74-93-71(103)67(110-74)29-48-9-18-64-54(27-48)35-89-100(64)39-50-11-13-55(32-61(50)80)76(2,3)108-69-43-98(42-59(107-69)44-106-6)75-94-72(104)68(111-75)30-47-7-16-63-52(25-47)34-88-99(63)38-49-10-15-57(78(82,83)84)31-60(49)79(85,86)87/h7-18,25-36,45,58-59,69,91,105H,19-24,37-44H2,1-6H3. The molecule has 21 nitrogen and oxygen atoms in total. The van der Waals surface area contributed by atoms with Gasteiger partial charge in [-0.15, -0.1) is 0 Å². The second kappa shape index (κ2) is 31.4. The van der Waals surface area contributed by atoms with Crippen molar-refractivity contribution in [2.45, 2.75) is 108 Å². The Hall–Kier alpha value is -8.66. The third kappa shape index (κ3) is 17.3. The van der Waals surface area contributed by atoms with E-state index in [1.807, 2.05) is 126 Å². The summed E-state index contributed by atoms with van der Waals surface area (Å²) in [7, 11) is 3.65. The van der Waals surface area contributed by atoms with Gasteiger partial charge >= 0.3 is 12.4 Å². The van der Waals surface area contributed by atoms with Gasteiger partial charge in [-0.1, -0.05) is 71.7 Å². The van der Waals surface area contributed by atoms with E-state index in [0.717, 1.165) is 98.8 Å². The summed E-state index contributed by atoms with van der Waals surface area (Å²) in [6.07, 6.45) is 0.218. The maximum atomic E-state index is 14.0.